The number of benzene rings is 2. The highest BCUT2D eigenvalue weighted by Crippen LogP contribution is 2.22. The summed E-state index contributed by atoms with van der Waals surface area (Å²) in [5.74, 6) is 0.116. The van der Waals surface area contributed by atoms with Crippen LogP contribution in [0.4, 0.5) is 0 Å². The summed E-state index contributed by atoms with van der Waals surface area (Å²) in [7, 11) is 0. The molecule has 1 atom stereocenters. The molecule has 3 nitrogen and oxygen atoms in total. The van der Waals surface area contributed by atoms with Crippen LogP contribution in [-0.4, -0.2) is 5.91 Å². The number of nitrogens with zero attached hydrogens (tertiary/aromatic N) is 1. The average molecular weight is 278 g/mol. The fourth-order valence-corrected chi connectivity index (χ4v) is 2.25. The molecular weight excluding hydrogens is 260 g/mol. The normalized spacial score (nSPS) is 11.7. The van der Waals surface area contributed by atoms with Crippen molar-refractivity contribution in [3.05, 3.63) is 71.3 Å². The van der Waals surface area contributed by atoms with E-state index >= 15 is 0 Å². The van der Waals surface area contributed by atoms with Gasteiger partial charge in [-0.15, -0.1) is 0 Å². The van der Waals surface area contributed by atoms with Gasteiger partial charge in [-0.25, -0.2) is 0 Å². The van der Waals surface area contributed by atoms with E-state index in [1.165, 1.54) is 0 Å². The van der Waals surface area contributed by atoms with E-state index < -0.39 is 0 Å². The molecular formula is C18H18N2O. The lowest BCUT2D eigenvalue weighted by atomic mass is 9.95. The monoisotopic (exact) mass is 278 g/mol. The summed E-state index contributed by atoms with van der Waals surface area (Å²) in [6.45, 7) is 4.15. The molecule has 2 rings (SSSR count). The molecule has 0 aliphatic carbocycles. The van der Waals surface area contributed by atoms with Crippen LogP contribution in [0.25, 0.3) is 0 Å². The molecule has 3 heteroatoms. The Labute approximate surface area is 125 Å². The number of hydrogen-bond donors (Lipinski definition) is 1. The van der Waals surface area contributed by atoms with Crippen molar-refractivity contribution < 1.29 is 4.79 Å². The predicted octanol–water partition coefficient (Wildman–Crippen LogP) is 3.69. The SMILES string of the molecule is CC(C)[C@@H](NC(=O)c1cccc(C#N)c1)c1ccccc1. The van der Waals surface area contributed by atoms with Gasteiger partial charge in [0.2, 0.25) is 0 Å². The van der Waals surface area contributed by atoms with Gasteiger partial charge >= 0.3 is 0 Å². The second kappa shape index (κ2) is 6.71. The van der Waals surface area contributed by atoms with Gasteiger partial charge in [-0.1, -0.05) is 50.2 Å². The van der Waals surface area contributed by atoms with Gasteiger partial charge < -0.3 is 5.32 Å². The number of hydrogen-bond acceptors (Lipinski definition) is 2. The average Bonchev–Trinajstić information content (AvgIpc) is 2.53. The largest absolute Gasteiger partial charge is 0.345 e. The maximum Gasteiger partial charge on any atom is 0.251 e. The Balaban J connectivity index is 2.21. The zero-order chi connectivity index (χ0) is 15.2. The van der Waals surface area contributed by atoms with Gasteiger partial charge in [-0.05, 0) is 29.7 Å². The van der Waals surface area contributed by atoms with Crippen LogP contribution in [0.5, 0.6) is 0 Å². The molecule has 0 aliphatic heterocycles. The van der Waals surface area contributed by atoms with Crippen LogP contribution in [0.2, 0.25) is 0 Å². The molecule has 21 heavy (non-hydrogen) atoms. The summed E-state index contributed by atoms with van der Waals surface area (Å²) in [5, 5.41) is 12.0. The summed E-state index contributed by atoms with van der Waals surface area (Å²) in [5.41, 5.74) is 2.08. The molecule has 0 unspecified atom stereocenters. The highest BCUT2D eigenvalue weighted by atomic mass is 16.1. The summed E-state index contributed by atoms with van der Waals surface area (Å²) in [6.07, 6.45) is 0. The first-order chi connectivity index (χ1) is 10.1. The standard InChI is InChI=1S/C18H18N2O/c1-13(2)17(15-8-4-3-5-9-15)20-18(21)16-10-6-7-14(11-16)12-19/h3-11,13,17H,1-2H3,(H,20,21)/t17-/m1/s1. The Kier molecular flexibility index (Phi) is 4.73. The summed E-state index contributed by atoms with van der Waals surface area (Å²) in [6, 6.07) is 18.6. The zero-order valence-corrected chi connectivity index (χ0v) is 12.2. The van der Waals surface area contributed by atoms with E-state index in [9.17, 15) is 4.79 Å². The quantitative estimate of drug-likeness (QED) is 0.927. The van der Waals surface area contributed by atoms with Crippen molar-refractivity contribution in [2.45, 2.75) is 19.9 Å². The van der Waals surface area contributed by atoms with Crippen LogP contribution < -0.4 is 5.32 Å². The summed E-state index contributed by atoms with van der Waals surface area (Å²) < 4.78 is 0. The zero-order valence-electron chi connectivity index (χ0n) is 12.2. The third-order valence-electron chi connectivity index (χ3n) is 3.37. The minimum absolute atomic E-state index is 0.0514. The minimum Gasteiger partial charge on any atom is -0.345 e. The number of carbonyl (C=O) groups is 1. The van der Waals surface area contributed by atoms with Crippen molar-refractivity contribution in [1.82, 2.24) is 5.32 Å². The van der Waals surface area contributed by atoms with Gasteiger partial charge in [0.25, 0.3) is 5.91 Å². The van der Waals surface area contributed by atoms with Crippen molar-refractivity contribution in [3.63, 3.8) is 0 Å². The van der Waals surface area contributed by atoms with Gasteiger partial charge in [0.05, 0.1) is 17.7 Å². The summed E-state index contributed by atoms with van der Waals surface area (Å²) >= 11 is 0. The molecule has 1 amide bonds. The predicted molar refractivity (Wildman–Crippen MR) is 82.6 cm³/mol. The molecule has 0 aliphatic rings. The van der Waals surface area contributed by atoms with E-state index in [2.05, 4.69) is 19.2 Å². The van der Waals surface area contributed by atoms with Crippen molar-refractivity contribution >= 4 is 5.91 Å². The third-order valence-corrected chi connectivity index (χ3v) is 3.37. The van der Waals surface area contributed by atoms with E-state index in [0.29, 0.717) is 11.1 Å². The lowest BCUT2D eigenvalue weighted by Gasteiger charge is -2.23. The minimum atomic E-state index is -0.158. The highest BCUT2D eigenvalue weighted by molar-refractivity contribution is 5.94. The second-order valence-electron chi connectivity index (χ2n) is 5.30. The Morgan fingerprint density at radius 1 is 1.10 bits per heavy atom. The van der Waals surface area contributed by atoms with E-state index in [0.717, 1.165) is 5.56 Å². The van der Waals surface area contributed by atoms with Crippen LogP contribution in [0.1, 0.15) is 41.4 Å². The number of carbonyl (C=O) groups excluding carboxylic acids is 1. The van der Waals surface area contributed by atoms with E-state index in [1.54, 1.807) is 24.3 Å². The number of nitrogens with one attached hydrogen (secondary N) is 1. The molecule has 0 saturated carbocycles. The molecule has 0 saturated heterocycles. The Hall–Kier alpha value is -2.60. The van der Waals surface area contributed by atoms with Crippen LogP contribution in [-0.2, 0) is 0 Å². The van der Waals surface area contributed by atoms with Crippen LogP contribution >= 0.6 is 0 Å². The Morgan fingerprint density at radius 3 is 2.43 bits per heavy atom. The maximum absolute atomic E-state index is 12.4. The van der Waals surface area contributed by atoms with Gasteiger partial charge in [0.1, 0.15) is 0 Å². The molecule has 0 radical (unpaired) electrons. The van der Waals surface area contributed by atoms with Gasteiger partial charge in [0, 0.05) is 5.56 Å². The van der Waals surface area contributed by atoms with E-state index in [4.69, 9.17) is 5.26 Å². The lowest BCUT2D eigenvalue weighted by Crippen LogP contribution is -2.31. The lowest BCUT2D eigenvalue weighted by molar-refractivity contribution is 0.0925. The Morgan fingerprint density at radius 2 is 1.81 bits per heavy atom. The molecule has 1 N–H and O–H groups in total. The second-order valence-corrected chi connectivity index (χ2v) is 5.30. The smallest absolute Gasteiger partial charge is 0.251 e. The van der Waals surface area contributed by atoms with Gasteiger partial charge in [-0.2, -0.15) is 5.26 Å². The molecule has 2 aromatic carbocycles. The van der Waals surface area contributed by atoms with Crippen LogP contribution in [0.15, 0.2) is 54.6 Å². The van der Waals surface area contributed by atoms with Crippen molar-refractivity contribution in [2.24, 2.45) is 5.92 Å². The van der Waals surface area contributed by atoms with E-state index in [1.807, 2.05) is 36.4 Å². The number of rotatable bonds is 4. The van der Waals surface area contributed by atoms with Crippen LogP contribution in [0, 0.1) is 17.2 Å². The fraction of sp³-hybridized carbons (Fsp3) is 0.222. The molecule has 0 aromatic heterocycles. The molecule has 0 heterocycles. The first-order valence-corrected chi connectivity index (χ1v) is 6.98. The highest BCUT2D eigenvalue weighted by Gasteiger charge is 2.19. The Bertz CT molecular complexity index is 656. The van der Waals surface area contributed by atoms with E-state index in [-0.39, 0.29) is 17.9 Å². The summed E-state index contributed by atoms with van der Waals surface area (Å²) in [4.78, 5) is 12.4. The van der Waals surface area contributed by atoms with Crippen molar-refractivity contribution in [3.8, 4) is 6.07 Å². The van der Waals surface area contributed by atoms with Crippen molar-refractivity contribution in [2.75, 3.05) is 0 Å². The molecule has 106 valence electrons. The molecule has 0 fully saturated rings. The first-order valence-electron chi connectivity index (χ1n) is 6.98. The van der Waals surface area contributed by atoms with Crippen molar-refractivity contribution in [1.29, 1.82) is 5.26 Å². The third kappa shape index (κ3) is 3.70. The number of amides is 1. The molecule has 2 aromatic rings. The molecule has 0 bridgehead atoms. The fourth-order valence-electron chi connectivity index (χ4n) is 2.25. The van der Waals surface area contributed by atoms with Gasteiger partial charge in [-0.3, -0.25) is 4.79 Å². The number of nitriles is 1. The topological polar surface area (TPSA) is 52.9 Å². The van der Waals surface area contributed by atoms with Crippen LogP contribution in [0.3, 0.4) is 0 Å². The maximum atomic E-state index is 12.4. The molecule has 0 spiro atoms. The van der Waals surface area contributed by atoms with Gasteiger partial charge in [0.15, 0.2) is 0 Å². The first kappa shape index (κ1) is 14.8.